The largest absolute Gasteiger partial charge is 0.506 e. The molecule has 36 heavy (non-hydrogen) atoms. The van der Waals surface area contributed by atoms with Crippen molar-refractivity contribution in [2.24, 2.45) is 4.99 Å². The number of ether oxygens (including phenoxy) is 1. The average molecular weight is 624 g/mol. The molecule has 1 aromatic heterocycles. The number of rotatable bonds is 3. The van der Waals surface area contributed by atoms with Gasteiger partial charge in [-0.3, -0.25) is 9.36 Å². The van der Waals surface area contributed by atoms with Gasteiger partial charge in [-0.1, -0.05) is 47.7 Å². The highest BCUT2D eigenvalue weighted by atomic mass is 79.9. The Labute approximate surface area is 228 Å². The number of fused-ring (bicyclic) bond motifs is 3. The third-order valence-corrected chi connectivity index (χ3v) is 8.83. The SMILES string of the molecule is COc1ccc(C2C3=C(N=c4sc(=Cc5cc(Br)c(O)c(Br)c5)c(=O)n42)c2ccccc2CC3)cc1. The highest BCUT2D eigenvalue weighted by molar-refractivity contribution is 9.11. The van der Waals surface area contributed by atoms with Gasteiger partial charge in [-0.15, -0.1) is 0 Å². The number of benzene rings is 3. The zero-order valence-corrected chi connectivity index (χ0v) is 23.2. The fourth-order valence-electron chi connectivity index (χ4n) is 4.93. The number of hydrogen-bond acceptors (Lipinski definition) is 5. The van der Waals surface area contributed by atoms with E-state index in [2.05, 4.69) is 50.1 Å². The van der Waals surface area contributed by atoms with Gasteiger partial charge in [0.1, 0.15) is 11.5 Å². The van der Waals surface area contributed by atoms with Crippen LogP contribution in [0.4, 0.5) is 0 Å². The molecule has 1 aliphatic heterocycles. The van der Waals surface area contributed by atoms with Crippen molar-refractivity contribution in [2.45, 2.75) is 18.9 Å². The number of hydrogen-bond donors (Lipinski definition) is 1. The Kier molecular flexibility index (Phi) is 5.98. The van der Waals surface area contributed by atoms with Crippen LogP contribution in [-0.2, 0) is 6.42 Å². The maximum absolute atomic E-state index is 13.8. The molecule has 0 amide bonds. The fraction of sp³-hybridized carbons (Fsp3) is 0.143. The second-order valence-electron chi connectivity index (χ2n) is 8.72. The lowest BCUT2D eigenvalue weighted by atomic mass is 9.83. The first-order chi connectivity index (χ1) is 17.4. The van der Waals surface area contributed by atoms with Crippen molar-refractivity contribution < 1.29 is 9.84 Å². The van der Waals surface area contributed by atoms with Gasteiger partial charge in [0.25, 0.3) is 5.56 Å². The molecule has 0 bridgehead atoms. The first-order valence-corrected chi connectivity index (χ1v) is 13.8. The minimum atomic E-state index is -0.240. The van der Waals surface area contributed by atoms with E-state index in [1.807, 2.05) is 41.0 Å². The number of allylic oxidation sites excluding steroid dienone is 1. The van der Waals surface area contributed by atoms with Crippen molar-refractivity contribution >= 4 is 55.0 Å². The first-order valence-electron chi connectivity index (χ1n) is 11.4. The molecule has 1 aliphatic carbocycles. The number of nitrogens with zero attached hydrogens (tertiary/aromatic N) is 2. The molecule has 5 nitrogen and oxygen atoms in total. The lowest BCUT2D eigenvalue weighted by molar-refractivity contribution is 0.414. The number of aromatic nitrogens is 1. The summed E-state index contributed by atoms with van der Waals surface area (Å²) in [6, 6.07) is 19.7. The van der Waals surface area contributed by atoms with Crippen molar-refractivity contribution in [1.29, 1.82) is 0 Å². The quantitative estimate of drug-likeness (QED) is 0.325. The van der Waals surface area contributed by atoms with Crippen molar-refractivity contribution in [1.82, 2.24) is 4.57 Å². The minimum Gasteiger partial charge on any atom is -0.506 e. The zero-order chi connectivity index (χ0) is 25.0. The maximum atomic E-state index is 13.8. The van der Waals surface area contributed by atoms with Crippen LogP contribution in [0.25, 0.3) is 11.8 Å². The molecular weight excluding hydrogens is 604 g/mol. The van der Waals surface area contributed by atoms with Crippen LogP contribution < -0.4 is 19.6 Å². The van der Waals surface area contributed by atoms with Gasteiger partial charge < -0.3 is 9.84 Å². The molecule has 0 saturated carbocycles. The molecule has 2 heterocycles. The summed E-state index contributed by atoms with van der Waals surface area (Å²) in [5, 5.41) is 10.1. The van der Waals surface area contributed by atoms with Crippen LogP contribution in [-0.4, -0.2) is 16.8 Å². The molecule has 8 heteroatoms. The summed E-state index contributed by atoms with van der Waals surface area (Å²) in [5.74, 6) is 0.900. The lowest BCUT2D eigenvalue weighted by Gasteiger charge is -2.30. The highest BCUT2D eigenvalue weighted by Gasteiger charge is 2.32. The van der Waals surface area contributed by atoms with Crippen molar-refractivity contribution in [3.05, 3.63) is 117 Å². The summed E-state index contributed by atoms with van der Waals surface area (Å²) in [7, 11) is 1.65. The first kappa shape index (κ1) is 23.5. The predicted octanol–water partition coefficient (Wildman–Crippen LogP) is 5.56. The molecule has 1 atom stereocenters. The summed E-state index contributed by atoms with van der Waals surface area (Å²) in [5.41, 5.74) is 6.30. The molecule has 0 radical (unpaired) electrons. The third-order valence-electron chi connectivity index (χ3n) is 6.64. The van der Waals surface area contributed by atoms with E-state index in [0.29, 0.717) is 18.3 Å². The van der Waals surface area contributed by atoms with Crippen molar-refractivity contribution in [2.75, 3.05) is 7.11 Å². The number of phenolic OH excluding ortho intramolecular Hbond substituents is 1. The Hall–Kier alpha value is -2.94. The standard InChI is InChI=1S/C28H20Br2N2O3S/c1-35-18-9-6-17(7-10-18)25-20-11-8-16-4-2-3-5-19(16)24(20)31-28-32(25)27(34)23(36-28)14-15-12-21(29)26(33)22(30)13-15/h2-7,9-10,12-14,25,33H,8,11H2,1H3. The molecule has 0 saturated heterocycles. The number of aromatic hydroxyl groups is 1. The fourth-order valence-corrected chi connectivity index (χ4v) is 7.15. The van der Waals surface area contributed by atoms with E-state index in [1.165, 1.54) is 16.9 Å². The normalized spacial score (nSPS) is 16.8. The number of methoxy groups -OCH3 is 1. The van der Waals surface area contributed by atoms with Gasteiger partial charge >= 0.3 is 0 Å². The molecule has 0 fully saturated rings. The molecule has 6 rings (SSSR count). The molecule has 1 N–H and O–H groups in total. The number of halogens is 2. The van der Waals surface area contributed by atoms with Crippen molar-refractivity contribution in [3.8, 4) is 11.5 Å². The summed E-state index contributed by atoms with van der Waals surface area (Å²) in [6.45, 7) is 0. The molecule has 4 aromatic rings. The van der Waals surface area contributed by atoms with E-state index < -0.39 is 0 Å². The van der Waals surface area contributed by atoms with Crippen molar-refractivity contribution in [3.63, 3.8) is 0 Å². The minimum absolute atomic E-state index is 0.0784. The smallest absolute Gasteiger partial charge is 0.271 e. The summed E-state index contributed by atoms with van der Waals surface area (Å²) < 4.78 is 8.90. The highest BCUT2D eigenvalue weighted by Crippen LogP contribution is 2.41. The summed E-state index contributed by atoms with van der Waals surface area (Å²) >= 11 is 8.14. The second-order valence-corrected chi connectivity index (χ2v) is 11.4. The van der Waals surface area contributed by atoms with Gasteiger partial charge in [-0.05, 0) is 97.3 Å². The molecule has 180 valence electrons. The summed E-state index contributed by atoms with van der Waals surface area (Å²) in [6.07, 6.45) is 3.60. The van der Waals surface area contributed by atoms with Crippen LogP contribution >= 0.6 is 43.2 Å². The average Bonchev–Trinajstić information content (AvgIpc) is 3.20. The Bertz CT molecular complexity index is 1710. The Morgan fingerprint density at radius 3 is 2.53 bits per heavy atom. The Morgan fingerprint density at radius 2 is 1.81 bits per heavy atom. The second kappa shape index (κ2) is 9.18. The molecule has 2 aliphatic rings. The third kappa shape index (κ3) is 3.88. The predicted molar refractivity (Wildman–Crippen MR) is 149 cm³/mol. The van der Waals surface area contributed by atoms with Crippen LogP contribution in [0, 0.1) is 0 Å². The van der Waals surface area contributed by atoms with Gasteiger partial charge in [0.2, 0.25) is 0 Å². The molecule has 0 spiro atoms. The summed E-state index contributed by atoms with van der Waals surface area (Å²) in [4.78, 5) is 19.6. The topological polar surface area (TPSA) is 63.8 Å². The van der Waals surface area contributed by atoms with E-state index in [9.17, 15) is 9.90 Å². The van der Waals surface area contributed by atoms with E-state index in [4.69, 9.17) is 9.73 Å². The molecule has 1 unspecified atom stereocenters. The number of thiazole rings is 1. The van der Waals surface area contributed by atoms with Gasteiger partial charge in [-0.25, -0.2) is 4.99 Å². The number of phenols is 1. The van der Waals surface area contributed by atoms with Gasteiger partial charge in [-0.2, -0.15) is 0 Å². The Morgan fingerprint density at radius 1 is 1.08 bits per heavy atom. The maximum Gasteiger partial charge on any atom is 0.271 e. The molecule has 3 aromatic carbocycles. The van der Waals surface area contributed by atoms with E-state index >= 15 is 0 Å². The van der Waals surface area contributed by atoms with Gasteiger partial charge in [0, 0.05) is 5.56 Å². The lowest BCUT2D eigenvalue weighted by Crippen LogP contribution is -2.38. The van der Waals surface area contributed by atoms with E-state index in [1.54, 1.807) is 19.2 Å². The van der Waals surface area contributed by atoms with Crippen LogP contribution in [0.15, 0.2) is 85.0 Å². The van der Waals surface area contributed by atoms with Crippen LogP contribution in [0.2, 0.25) is 0 Å². The van der Waals surface area contributed by atoms with E-state index in [-0.39, 0.29) is 17.4 Å². The molecular formula is C28H20Br2N2O3S. The zero-order valence-electron chi connectivity index (χ0n) is 19.2. The Balaban J connectivity index is 1.60. The van der Waals surface area contributed by atoms with Crippen LogP contribution in [0.1, 0.15) is 34.7 Å². The monoisotopic (exact) mass is 622 g/mol. The van der Waals surface area contributed by atoms with Crippen LogP contribution in [0.3, 0.4) is 0 Å². The number of aryl methyl sites for hydroxylation is 1. The van der Waals surface area contributed by atoms with Gasteiger partial charge in [0.05, 0.1) is 32.3 Å². The van der Waals surface area contributed by atoms with Gasteiger partial charge in [0.15, 0.2) is 4.80 Å². The van der Waals surface area contributed by atoms with Crippen LogP contribution in [0.5, 0.6) is 11.5 Å². The van der Waals surface area contributed by atoms with E-state index in [0.717, 1.165) is 46.6 Å².